The van der Waals surface area contributed by atoms with Crippen LogP contribution in [-0.2, 0) is 13.1 Å². The predicted octanol–water partition coefficient (Wildman–Crippen LogP) is 5.57. The van der Waals surface area contributed by atoms with Gasteiger partial charge in [0.15, 0.2) is 16.9 Å². The van der Waals surface area contributed by atoms with Crippen molar-refractivity contribution in [3.8, 4) is 0 Å². The van der Waals surface area contributed by atoms with Crippen LogP contribution in [0.4, 0.5) is 11.4 Å². The summed E-state index contributed by atoms with van der Waals surface area (Å²) in [4.78, 5) is 4.47. The number of benzene rings is 1. The number of nitrogens with two attached hydrogens (primary N) is 2. The molecule has 3 aromatic heterocycles. The first-order chi connectivity index (χ1) is 16.6. The molecule has 0 aliphatic heterocycles. The van der Waals surface area contributed by atoms with Gasteiger partial charge in [-0.25, -0.2) is 4.98 Å². The Kier molecular flexibility index (Phi) is 7.94. The van der Waals surface area contributed by atoms with Crippen molar-refractivity contribution < 1.29 is 9.13 Å². The van der Waals surface area contributed by atoms with Crippen LogP contribution in [0.2, 0.25) is 0 Å². The molecule has 3 heterocycles. The van der Waals surface area contributed by atoms with Crippen molar-refractivity contribution in [3.63, 3.8) is 0 Å². The Balaban J connectivity index is 1.15. The second kappa shape index (κ2) is 11.3. The van der Waals surface area contributed by atoms with Gasteiger partial charge in [-0.2, -0.15) is 9.13 Å². The van der Waals surface area contributed by atoms with Crippen molar-refractivity contribution in [2.75, 3.05) is 11.5 Å². The Bertz CT molecular complexity index is 1170. The number of nitrogens with zero attached hydrogens (tertiary/aromatic N) is 3. The SMILES string of the molecule is Cc1cc(N)c2ccccc2[n+]1CCCCCCCCCC[n+]1c(C)cc(N)c2ncccc21. The number of rotatable bonds is 11. The third kappa shape index (κ3) is 5.46. The third-order valence-electron chi connectivity index (χ3n) is 6.95. The van der Waals surface area contributed by atoms with Gasteiger partial charge in [0.1, 0.15) is 13.1 Å². The zero-order valence-electron chi connectivity index (χ0n) is 20.8. The molecule has 0 spiro atoms. The number of pyridine rings is 3. The molecule has 0 unspecified atom stereocenters. The smallest absolute Gasteiger partial charge is 0.233 e. The average Bonchev–Trinajstić information content (AvgIpc) is 2.83. The average molecular weight is 458 g/mol. The Labute approximate surface area is 203 Å². The Morgan fingerprint density at radius 2 is 1.18 bits per heavy atom. The number of hydrogen-bond acceptors (Lipinski definition) is 3. The van der Waals surface area contributed by atoms with Crippen LogP contribution >= 0.6 is 0 Å². The molecule has 178 valence electrons. The van der Waals surface area contributed by atoms with Crippen LogP contribution < -0.4 is 20.6 Å². The third-order valence-corrected chi connectivity index (χ3v) is 6.95. The lowest BCUT2D eigenvalue weighted by Gasteiger charge is -2.07. The summed E-state index contributed by atoms with van der Waals surface area (Å²) in [6.45, 7) is 6.39. The van der Waals surface area contributed by atoms with Crippen molar-refractivity contribution in [1.29, 1.82) is 0 Å². The molecule has 4 rings (SSSR count). The van der Waals surface area contributed by atoms with Crippen molar-refractivity contribution in [2.24, 2.45) is 0 Å². The summed E-state index contributed by atoms with van der Waals surface area (Å²) >= 11 is 0. The van der Waals surface area contributed by atoms with E-state index in [1.54, 1.807) is 0 Å². The molecule has 1 aromatic carbocycles. The highest BCUT2D eigenvalue weighted by Gasteiger charge is 2.16. The molecule has 4 N–H and O–H groups in total. The molecule has 0 bridgehead atoms. The number of nitrogen functional groups attached to an aromatic ring is 2. The molecule has 4 aromatic rings. The molecule has 5 nitrogen and oxygen atoms in total. The maximum absolute atomic E-state index is 6.22. The number of fused-ring (bicyclic) bond motifs is 2. The molecule has 0 fully saturated rings. The van der Waals surface area contributed by atoms with E-state index in [2.05, 4.69) is 64.4 Å². The number of aryl methyl sites for hydroxylation is 4. The van der Waals surface area contributed by atoms with Gasteiger partial charge in [-0.05, 0) is 25.0 Å². The molecule has 0 saturated heterocycles. The highest BCUT2D eigenvalue weighted by atomic mass is 15.0. The second-order valence-electron chi connectivity index (χ2n) is 9.50. The van der Waals surface area contributed by atoms with E-state index in [1.807, 2.05) is 18.3 Å². The summed E-state index contributed by atoms with van der Waals surface area (Å²) in [5, 5.41) is 1.16. The van der Waals surface area contributed by atoms with Gasteiger partial charge >= 0.3 is 0 Å². The molecule has 0 aliphatic rings. The molecule has 0 aliphatic carbocycles. The number of hydrogen-bond donors (Lipinski definition) is 2. The fourth-order valence-electron chi connectivity index (χ4n) is 5.12. The van der Waals surface area contributed by atoms with Crippen molar-refractivity contribution >= 4 is 33.3 Å². The van der Waals surface area contributed by atoms with Crippen LogP contribution in [0.3, 0.4) is 0 Å². The highest BCUT2D eigenvalue weighted by molar-refractivity contribution is 5.87. The van der Waals surface area contributed by atoms with E-state index in [9.17, 15) is 0 Å². The Morgan fingerprint density at radius 1 is 0.647 bits per heavy atom. The van der Waals surface area contributed by atoms with Crippen LogP contribution in [0, 0.1) is 13.8 Å². The van der Waals surface area contributed by atoms with Gasteiger partial charge in [-0.3, -0.25) is 0 Å². The van der Waals surface area contributed by atoms with Gasteiger partial charge in [0.2, 0.25) is 11.0 Å². The highest BCUT2D eigenvalue weighted by Crippen LogP contribution is 2.19. The zero-order valence-corrected chi connectivity index (χ0v) is 20.8. The van der Waals surface area contributed by atoms with Crippen LogP contribution in [0.15, 0.2) is 54.7 Å². The molecule has 0 radical (unpaired) electrons. The molecule has 5 heteroatoms. The van der Waals surface area contributed by atoms with Crippen LogP contribution in [0.25, 0.3) is 21.9 Å². The summed E-state index contributed by atoms with van der Waals surface area (Å²) in [7, 11) is 0. The molecule has 0 saturated carbocycles. The van der Waals surface area contributed by atoms with Crippen molar-refractivity contribution in [3.05, 3.63) is 66.1 Å². The second-order valence-corrected chi connectivity index (χ2v) is 9.50. The van der Waals surface area contributed by atoms with Crippen LogP contribution in [0.1, 0.15) is 62.8 Å². The first-order valence-corrected chi connectivity index (χ1v) is 12.8. The first kappa shape index (κ1) is 23.9. The Hall–Kier alpha value is -3.21. The fourth-order valence-corrected chi connectivity index (χ4v) is 5.12. The number of anilines is 2. The van der Waals surface area contributed by atoms with E-state index < -0.39 is 0 Å². The normalized spacial score (nSPS) is 11.5. The van der Waals surface area contributed by atoms with Crippen molar-refractivity contribution in [2.45, 2.75) is 78.3 Å². The zero-order chi connectivity index (χ0) is 23.9. The number of para-hydroxylation sites is 1. The van der Waals surface area contributed by atoms with E-state index in [-0.39, 0.29) is 0 Å². The van der Waals surface area contributed by atoms with E-state index in [0.29, 0.717) is 0 Å². The first-order valence-electron chi connectivity index (χ1n) is 12.8. The minimum Gasteiger partial charge on any atom is -0.398 e. The standard InChI is InChI=1S/C29H37N5/c1-22-20-25(30)24-14-9-10-15-27(24)33(22)18-11-7-5-3-4-6-8-12-19-34-23(2)21-26(31)29-28(34)16-13-17-32-29/h9-10,13-17,20-21,30-31H,3-8,11-12,18-19H2,1-2H3/p+2. The minimum atomic E-state index is 0.766. The molecule has 34 heavy (non-hydrogen) atoms. The molecule has 0 amide bonds. The topological polar surface area (TPSA) is 72.7 Å². The van der Waals surface area contributed by atoms with Gasteiger partial charge < -0.3 is 11.5 Å². The minimum absolute atomic E-state index is 0.766. The monoisotopic (exact) mass is 457 g/mol. The molecule has 0 atom stereocenters. The van der Waals surface area contributed by atoms with Gasteiger partial charge in [-0.15, -0.1) is 0 Å². The lowest BCUT2D eigenvalue weighted by molar-refractivity contribution is -0.678. The summed E-state index contributed by atoms with van der Waals surface area (Å²) in [6.07, 6.45) is 12.0. The number of unbranched alkanes of at least 4 members (excludes halogenated alkanes) is 7. The van der Waals surface area contributed by atoms with E-state index in [4.69, 9.17) is 11.5 Å². The quantitative estimate of drug-likeness (QED) is 0.229. The van der Waals surface area contributed by atoms with E-state index >= 15 is 0 Å². The van der Waals surface area contributed by atoms with Gasteiger partial charge in [-0.1, -0.05) is 37.8 Å². The fraction of sp³-hybridized carbons (Fsp3) is 0.414. The lowest BCUT2D eigenvalue weighted by Crippen LogP contribution is -2.38. The summed E-state index contributed by atoms with van der Waals surface area (Å²) < 4.78 is 4.78. The summed E-state index contributed by atoms with van der Waals surface area (Å²) in [5.74, 6) is 0. The summed E-state index contributed by atoms with van der Waals surface area (Å²) in [6, 6.07) is 16.7. The lowest BCUT2D eigenvalue weighted by atomic mass is 10.1. The number of aromatic nitrogens is 3. The Morgan fingerprint density at radius 3 is 1.85 bits per heavy atom. The van der Waals surface area contributed by atoms with Crippen LogP contribution in [0.5, 0.6) is 0 Å². The largest absolute Gasteiger partial charge is 0.398 e. The van der Waals surface area contributed by atoms with E-state index in [0.717, 1.165) is 40.9 Å². The van der Waals surface area contributed by atoms with Crippen LogP contribution in [-0.4, -0.2) is 4.98 Å². The maximum atomic E-state index is 6.22. The molecular formula is C29H39N5+2. The maximum Gasteiger partial charge on any atom is 0.233 e. The predicted molar refractivity (Wildman–Crippen MR) is 141 cm³/mol. The van der Waals surface area contributed by atoms with Gasteiger partial charge in [0.05, 0.1) is 16.8 Å². The molecular weight excluding hydrogens is 418 g/mol. The summed E-state index contributed by atoms with van der Waals surface area (Å²) in [5.41, 5.74) is 19.8. The van der Waals surface area contributed by atoms with Crippen molar-refractivity contribution in [1.82, 2.24) is 4.98 Å². The van der Waals surface area contributed by atoms with Gasteiger partial charge in [0, 0.05) is 57.2 Å². The van der Waals surface area contributed by atoms with E-state index in [1.165, 1.54) is 68.3 Å². The van der Waals surface area contributed by atoms with Gasteiger partial charge in [0.25, 0.3) is 0 Å².